The van der Waals surface area contributed by atoms with Gasteiger partial charge in [0.1, 0.15) is 17.2 Å². The van der Waals surface area contributed by atoms with E-state index in [1.165, 1.54) is 11.5 Å². The lowest BCUT2D eigenvalue weighted by atomic mass is 10.2. The van der Waals surface area contributed by atoms with Crippen LogP contribution in [0.3, 0.4) is 0 Å². The second-order valence-electron chi connectivity index (χ2n) is 3.86. The van der Waals surface area contributed by atoms with Crippen molar-refractivity contribution in [1.82, 2.24) is 4.98 Å². The van der Waals surface area contributed by atoms with Crippen LogP contribution in [-0.4, -0.2) is 4.98 Å². The molecule has 0 aliphatic carbocycles. The molecular formula is C14H12N3S+. The van der Waals surface area contributed by atoms with E-state index >= 15 is 0 Å². The van der Waals surface area contributed by atoms with Gasteiger partial charge in [-0.15, -0.1) is 3.96 Å². The summed E-state index contributed by atoms with van der Waals surface area (Å²) in [7, 11) is 0. The summed E-state index contributed by atoms with van der Waals surface area (Å²) in [6.07, 6.45) is 0. The molecule has 0 fully saturated rings. The molecule has 0 saturated carbocycles. The Morgan fingerprint density at radius 3 is 2.17 bits per heavy atom. The third kappa shape index (κ3) is 1.98. The smallest absolute Gasteiger partial charge is 0.350 e. The number of hydrogen-bond acceptors (Lipinski definition) is 3. The molecule has 88 valence electrons. The normalized spacial score (nSPS) is 10.4. The second kappa shape index (κ2) is 4.58. The highest BCUT2D eigenvalue weighted by molar-refractivity contribution is 7.05. The van der Waals surface area contributed by atoms with Crippen molar-refractivity contribution >= 4 is 16.7 Å². The number of rotatable bonds is 2. The van der Waals surface area contributed by atoms with Crippen LogP contribution in [-0.2, 0) is 0 Å². The summed E-state index contributed by atoms with van der Waals surface area (Å²) in [5.74, 6) is 0.879. The first kappa shape index (κ1) is 10.9. The number of benzene rings is 2. The van der Waals surface area contributed by atoms with Crippen LogP contribution in [0.25, 0.3) is 17.1 Å². The molecule has 3 nitrogen and oxygen atoms in total. The molecule has 0 aliphatic heterocycles. The standard InChI is InChI=1S/C14H11N3S/c15-14-16-13(11-7-3-1-4-8-11)17(18-14)12-9-5-2-6-10-12/h1-10,15H/p+1. The summed E-state index contributed by atoms with van der Waals surface area (Å²) < 4.78 is 2.05. The third-order valence-corrected chi connectivity index (χ3v) is 3.46. The van der Waals surface area contributed by atoms with Crippen LogP contribution in [0.4, 0.5) is 5.13 Å². The van der Waals surface area contributed by atoms with Gasteiger partial charge in [0, 0.05) is 0 Å². The average molecular weight is 254 g/mol. The summed E-state index contributed by atoms with van der Waals surface area (Å²) in [6.45, 7) is 0. The Morgan fingerprint density at radius 1 is 0.889 bits per heavy atom. The van der Waals surface area contributed by atoms with Crippen molar-refractivity contribution in [3.8, 4) is 17.1 Å². The van der Waals surface area contributed by atoms with Crippen LogP contribution in [0.5, 0.6) is 0 Å². The third-order valence-electron chi connectivity index (χ3n) is 2.62. The zero-order chi connectivity index (χ0) is 12.4. The molecular weight excluding hydrogens is 242 g/mol. The van der Waals surface area contributed by atoms with E-state index in [2.05, 4.69) is 4.98 Å². The van der Waals surface area contributed by atoms with E-state index in [9.17, 15) is 0 Å². The average Bonchev–Trinajstić information content (AvgIpc) is 2.83. The maximum absolute atomic E-state index is 5.84. The number of anilines is 1. The monoisotopic (exact) mass is 254 g/mol. The highest BCUT2D eigenvalue weighted by Gasteiger charge is 2.22. The molecule has 1 heterocycles. The van der Waals surface area contributed by atoms with Gasteiger partial charge in [0.25, 0.3) is 0 Å². The number of nitrogens with two attached hydrogens (primary N) is 1. The van der Waals surface area contributed by atoms with Crippen molar-refractivity contribution in [2.75, 3.05) is 5.73 Å². The van der Waals surface area contributed by atoms with Gasteiger partial charge in [-0.05, 0) is 29.2 Å². The minimum absolute atomic E-state index is 0.567. The molecule has 0 bridgehead atoms. The molecule has 0 radical (unpaired) electrons. The van der Waals surface area contributed by atoms with Crippen molar-refractivity contribution in [3.63, 3.8) is 0 Å². The van der Waals surface area contributed by atoms with Gasteiger partial charge in [-0.25, -0.2) is 0 Å². The number of hydrogen-bond donors (Lipinski definition) is 1. The molecule has 4 heteroatoms. The molecule has 2 aromatic carbocycles. The van der Waals surface area contributed by atoms with Crippen molar-refractivity contribution < 1.29 is 3.96 Å². The van der Waals surface area contributed by atoms with E-state index in [0.29, 0.717) is 5.13 Å². The fourth-order valence-corrected chi connectivity index (χ4v) is 2.59. The van der Waals surface area contributed by atoms with Crippen molar-refractivity contribution in [3.05, 3.63) is 60.7 Å². The van der Waals surface area contributed by atoms with E-state index in [1.54, 1.807) is 0 Å². The molecule has 0 saturated heterocycles. The van der Waals surface area contributed by atoms with Gasteiger partial charge in [-0.2, -0.15) is 0 Å². The second-order valence-corrected chi connectivity index (χ2v) is 4.83. The summed E-state index contributed by atoms with van der Waals surface area (Å²) in [5.41, 5.74) is 7.98. The molecule has 18 heavy (non-hydrogen) atoms. The Kier molecular flexibility index (Phi) is 2.78. The maximum Gasteiger partial charge on any atom is 0.350 e. The van der Waals surface area contributed by atoms with Gasteiger partial charge < -0.3 is 5.73 Å². The Morgan fingerprint density at radius 2 is 1.50 bits per heavy atom. The number of nitrogens with zero attached hydrogens (tertiary/aromatic N) is 2. The van der Waals surface area contributed by atoms with Crippen LogP contribution in [0, 0.1) is 0 Å². The fourth-order valence-electron chi connectivity index (χ4n) is 1.81. The Balaban J connectivity index is 2.17. The van der Waals surface area contributed by atoms with Crippen LogP contribution in [0.2, 0.25) is 0 Å². The van der Waals surface area contributed by atoms with Crippen LogP contribution >= 0.6 is 11.5 Å². The summed E-state index contributed by atoms with van der Waals surface area (Å²) >= 11 is 1.45. The highest BCUT2D eigenvalue weighted by atomic mass is 32.1. The molecule has 0 spiro atoms. The lowest BCUT2D eigenvalue weighted by Gasteiger charge is -1.96. The SMILES string of the molecule is Nc1nc(-c2ccccc2)[n+](-c2ccccc2)s1. The van der Waals surface area contributed by atoms with Gasteiger partial charge in [0.15, 0.2) is 0 Å². The van der Waals surface area contributed by atoms with Crippen LogP contribution < -0.4 is 9.69 Å². The molecule has 0 amide bonds. The van der Waals surface area contributed by atoms with Gasteiger partial charge in [-0.1, -0.05) is 36.4 Å². The van der Waals surface area contributed by atoms with Gasteiger partial charge in [-0.3, -0.25) is 0 Å². The molecule has 0 unspecified atom stereocenters. The number of aromatic nitrogens is 2. The van der Waals surface area contributed by atoms with E-state index in [-0.39, 0.29) is 0 Å². The van der Waals surface area contributed by atoms with E-state index in [0.717, 1.165) is 17.1 Å². The maximum atomic E-state index is 5.84. The predicted octanol–water partition coefficient (Wildman–Crippen LogP) is 2.67. The molecule has 2 N–H and O–H groups in total. The predicted molar refractivity (Wildman–Crippen MR) is 73.5 cm³/mol. The molecule has 3 rings (SSSR count). The van der Waals surface area contributed by atoms with Crippen molar-refractivity contribution in [1.29, 1.82) is 0 Å². The first-order valence-corrected chi connectivity index (χ1v) is 6.41. The molecule has 1 aromatic heterocycles. The van der Waals surface area contributed by atoms with E-state index in [4.69, 9.17) is 5.73 Å². The minimum atomic E-state index is 0.567. The number of para-hydroxylation sites is 1. The zero-order valence-electron chi connectivity index (χ0n) is 9.65. The molecule has 3 aromatic rings. The lowest BCUT2D eigenvalue weighted by molar-refractivity contribution is -0.509. The largest absolute Gasteiger partial charge is 0.351 e. The Hall–Kier alpha value is -2.20. The topological polar surface area (TPSA) is 42.8 Å². The number of nitrogen functional groups attached to an aromatic ring is 1. The zero-order valence-corrected chi connectivity index (χ0v) is 10.5. The summed E-state index contributed by atoms with van der Waals surface area (Å²) in [5, 5.41) is 0.567. The Bertz CT molecular complexity index is 590. The summed E-state index contributed by atoms with van der Waals surface area (Å²) in [4.78, 5) is 4.42. The first-order chi connectivity index (χ1) is 8.84. The van der Waals surface area contributed by atoms with E-state index < -0.39 is 0 Å². The minimum Gasteiger partial charge on any atom is -0.351 e. The van der Waals surface area contributed by atoms with E-state index in [1.807, 2.05) is 64.6 Å². The molecule has 0 aliphatic rings. The quantitative estimate of drug-likeness (QED) is 0.714. The van der Waals surface area contributed by atoms with Gasteiger partial charge in [0.2, 0.25) is 0 Å². The highest BCUT2D eigenvalue weighted by Crippen LogP contribution is 2.19. The molecule has 0 atom stereocenters. The van der Waals surface area contributed by atoms with Gasteiger partial charge in [0.05, 0.1) is 5.56 Å². The Labute approximate surface area is 109 Å². The first-order valence-electron chi connectivity index (χ1n) is 5.64. The lowest BCUT2D eigenvalue weighted by Crippen LogP contribution is -2.27. The van der Waals surface area contributed by atoms with Crippen LogP contribution in [0.1, 0.15) is 0 Å². The van der Waals surface area contributed by atoms with Gasteiger partial charge >= 0.3 is 11.0 Å². The van der Waals surface area contributed by atoms with Crippen molar-refractivity contribution in [2.24, 2.45) is 0 Å². The van der Waals surface area contributed by atoms with Crippen molar-refractivity contribution in [2.45, 2.75) is 0 Å². The fraction of sp³-hybridized carbons (Fsp3) is 0. The summed E-state index contributed by atoms with van der Waals surface area (Å²) in [6, 6.07) is 20.2. The van der Waals surface area contributed by atoms with Crippen LogP contribution in [0.15, 0.2) is 60.7 Å².